The minimum absolute atomic E-state index is 0.135. The smallest absolute Gasteiger partial charge is 0.257 e. The fourth-order valence-electron chi connectivity index (χ4n) is 2.19. The molecule has 1 amide bonds. The first kappa shape index (κ1) is 16.7. The zero-order valence-corrected chi connectivity index (χ0v) is 15.2. The molecule has 0 fully saturated rings. The summed E-state index contributed by atoms with van der Waals surface area (Å²) in [6, 6.07) is 9.58. The normalized spacial score (nSPS) is 10.4. The summed E-state index contributed by atoms with van der Waals surface area (Å²) in [6.07, 6.45) is 1.63. The van der Waals surface area contributed by atoms with Crippen molar-refractivity contribution in [2.24, 2.45) is 0 Å². The Morgan fingerprint density at radius 3 is 2.55 bits per heavy atom. The Balaban J connectivity index is 2.15. The highest BCUT2D eigenvalue weighted by Gasteiger charge is 2.10. The van der Waals surface area contributed by atoms with Gasteiger partial charge in [-0.2, -0.15) is 0 Å². The van der Waals surface area contributed by atoms with Crippen LogP contribution in [-0.2, 0) is 0 Å². The highest BCUT2D eigenvalue weighted by Crippen LogP contribution is 2.21. The summed E-state index contributed by atoms with van der Waals surface area (Å²) in [4.78, 5) is 18.9. The Morgan fingerprint density at radius 2 is 1.95 bits per heavy atom. The van der Waals surface area contributed by atoms with Crippen LogP contribution in [0.1, 0.15) is 29.8 Å². The largest absolute Gasteiger partial charge is 0.357 e. The van der Waals surface area contributed by atoms with Crippen LogP contribution in [0.2, 0.25) is 0 Å². The molecule has 1 aromatic heterocycles. The number of aromatic nitrogens is 1. The summed E-state index contributed by atoms with van der Waals surface area (Å²) in [5.74, 6) is 0.760. The fourth-order valence-corrected chi connectivity index (χ4v) is 2.69. The molecule has 0 aliphatic rings. The number of carbonyl (C=O) groups is 1. The molecule has 0 saturated heterocycles. The van der Waals surface area contributed by atoms with Crippen molar-refractivity contribution >= 4 is 40.0 Å². The quantitative estimate of drug-likeness (QED) is 0.757. The van der Waals surface area contributed by atoms with Crippen LogP contribution in [0.25, 0.3) is 0 Å². The molecule has 0 aliphatic carbocycles. The van der Waals surface area contributed by atoms with Gasteiger partial charge in [0.2, 0.25) is 0 Å². The number of benzene rings is 1. The molecule has 0 unspecified atom stereocenters. The second-order valence-electron chi connectivity index (χ2n) is 4.94. The van der Waals surface area contributed by atoms with Crippen LogP contribution < -0.4 is 10.2 Å². The number of halogens is 1. The number of rotatable bonds is 5. The standard InChI is InChI=1S/C17H20IN3O/c1-4-21(5-2)16-10-9-13(11-19-16)17(22)20-15-8-6-7-14(18)12(15)3/h6-11H,4-5H2,1-3H3,(H,20,22). The van der Waals surface area contributed by atoms with Crippen molar-refractivity contribution in [3.63, 3.8) is 0 Å². The second-order valence-corrected chi connectivity index (χ2v) is 6.11. The number of anilines is 2. The van der Waals surface area contributed by atoms with Gasteiger partial charge in [0, 0.05) is 28.5 Å². The minimum atomic E-state index is -0.135. The maximum atomic E-state index is 12.3. The second kappa shape index (κ2) is 7.58. The molecule has 1 N–H and O–H groups in total. The molecule has 0 bridgehead atoms. The van der Waals surface area contributed by atoms with Gasteiger partial charge in [-0.05, 0) is 73.2 Å². The van der Waals surface area contributed by atoms with E-state index in [2.05, 4.69) is 51.6 Å². The summed E-state index contributed by atoms with van der Waals surface area (Å²) in [5, 5.41) is 2.95. The topological polar surface area (TPSA) is 45.2 Å². The Hall–Kier alpha value is -1.63. The van der Waals surface area contributed by atoms with Gasteiger partial charge in [0.1, 0.15) is 5.82 Å². The molecule has 2 aromatic rings. The number of hydrogen-bond donors (Lipinski definition) is 1. The van der Waals surface area contributed by atoms with E-state index < -0.39 is 0 Å². The van der Waals surface area contributed by atoms with Gasteiger partial charge in [-0.25, -0.2) is 4.98 Å². The first-order chi connectivity index (χ1) is 10.6. The van der Waals surface area contributed by atoms with Crippen LogP contribution in [-0.4, -0.2) is 24.0 Å². The van der Waals surface area contributed by atoms with Gasteiger partial charge in [-0.3, -0.25) is 4.79 Å². The van der Waals surface area contributed by atoms with E-state index in [0.717, 1.165) is 33.7 Å². The van der Waals surface area contributed by atoms with Gasteiger partial charge in [0.25, 0.3) is 5.91 Å². The third-order valence-corrected chi connectivity index (χ3v) is 4.78. The third kappa shape index (κ3) is 3.76. The average Bonchev–Trinajstić information content (AvgIpc) is 2.53. The van der Waals surface area contributed by atoms with Gasteiger partial charge in [-0.15, -0.1) is 0 Å². The molecule has 0 atom stereocenters. The van der Waals surface area contributed by atoms with E-state index >= 15 is 0 Å². The Kier molecular flexibility index (Phi) is 5.76. The molecule has 0 radical (unpaired) electrons. The van der Waals surface area contributed by atoms with Gasteiger partial charge >= 0.3 is 0 Å². The molecule has 0 saturated carbocycles. The van der Waals surface area contributed by atoms with Crippen LogP contribution in [0.15, 0.2) is 36.5 Å². The van der Waals surface area contributed by atoms with Gasteiger partial charge in [-0.1, -0.05) is 6.07 Å². The van der Waals surface area contributed by atoms with Crippen molar-refractivity contribution in [3.8, 4) is 0 Å². The molecule has 1 heterocycles. The summed E-state index contributed by atoms with van der Waals surface area (Å²) >= 11 is 2.26. The van der Waals surface area contributed by atoms with Crippen LogP contribution >= 0.6 is 22.6 Å². The Bertz CT molecular complexity index is 651. The maximum absolute atomic E-state index is 12.3. The van der Waals surface area contributed by atoms with E-state index in [-0.39, 0.29) is 5.91 Å². The number of carbonyl (C=O) groups excluding carboxylic acids is 1. The zero-order chi connectivity index (χ0) is 16.1. The molecule has 4 nitrogen and oxygen atoms in total. The van der Waals surface area contributed by atoms with Crippen molar-refractivity contribution in [2.45, 2.75) is 20.8 Å². The van der Waals surface area contributed by atoms with Crippen LogP contribution in [0.4, 0.5) is 11.5 Å². The fraction of sp³-hybridized carbons (Fsp3) is 0.294. The molecular weight excluding hydrogens is 389 g/mol. The molecule has 22 heavy (non-hydrogen) atoms. The van der Waals surface area contributed by atoms with E-state index in [0.29, 0.717) is 5.56 Å². The average molecular weight is 409 g/mol. The highest BCUT2D eigenvalue weighted by atomic mass is 127. The number of pyridine rings is 1. The first-order valence-corrected chi connectivity index (χ1v) is 8.42. The lowest BCUT2D eigenvalue weighted by Gasteiger charge is -2.19. The molecule has 116 valence electrons. The van der Waals surface area contributed by atoms with Crippen molar-refractivity contribution in [2.75, 3.05) is 23.3 Å². The van der Waals surface area contributed by atoms with Crippen LogP contribution in [0, 0.1) is 10.5 Å². The van der Waals surface area contributed by atoms with Crippen molar-refractivity contribution in [1.82, 2.24) is 4.98 Å². The van der Waals surface area contributed by atoms with Crippen LogP contribution in [0.3, 0.4) is 0 Å². The molecule has 5 heteroatoms. The van der Waals surface area contributed by atoms with Crippen molar-refractivity contribution in [3.05, 3.63) is 51.2 Å². The van der Waals surface area contributed by atoms with Gasteiger partial charge in [0.05, 0.1) is 5.56 Å². The van der Waals surface area contributed by atoms with Crippen LogP contribution in [0.5, 0.6) is 0 Å². The molecule has 1 aromatic carbocycles. The number of nitrogens with zero attached hydrogens (tertiary/aromatic N) is 2. The first-order valence-electron chi connectivity index (χ1n) is 7.34. The van der Waals surface area contributed by atoms with E-state index in [1.54, 1.807) is 6.20 Å². The molecule has 2 rings (SSSR count). The molecule has 0 spiro atoms. The summed E-state index contributed by atoms with van der Waals surface area (Å²) in [6.45, 7) is 7.98. The number of amides is 1. The number of hydrogen-bond acceptors (Lipinski definition) is 3. The lowest BCUT2D eigenvalue weighted by atomic mass is 10.2. The predicted molar refractivity (Wildman–Crippen MR) is 99.6 cm³/mol. The van der Waals surface area contributed by atoms with Crippen molar-refractivity contribution in [1.29, 1.82) is 0 Å². The summed E-state index contributed by atoms with van der Waals surface area (Å²) in [5.41, 5.74) is 2.48. The SMILES string of the molecule is CCN(CC)c1ccc(C(=O)Nc2cccc(I)c2C)cn1. The molecule has 0 aliphatic heterocycles. The Labute approximate surface area is 145 Å². The minimum Gasteiger partial charge on any atom is -0.357 e. The van der Waals surface area contributed by atoms with Gasteiger partial charge in [0.15, 0.2) is 0 Å². The lowest BCUT2D eigenvalue weighted by Crippen LogP contribution is -2.23. The Morgan fingerprint density at radius 1 is 1.23 bits per heavy atom. The van der Waals surface area contributed by atoms with Gasteiger partial charge < -0.3 is 10.2 Å². The zero-order valence-electron chi connectivity index (χ0n) is 13.1. The number of nitrogens with one attached hydrogen (secondary N) is 1. The predicted octanol–water partition coefficient (Wildman–Crippen LogP) is 4.09. The monoisotopic (exact) mass is 409 g/mol. The summed E-state index contributed by atoms with van der Waals surface area (Å²) in [7, 11) is 0. The van der Waals surface area contributed by atoms with E-state index in [1.165, 1.54) is 0 Å². The lowest BCUT2D eigenvalue weighted by molar-refractivity contribution is 0.102. The van der Waals surface area contributed by atoms with E-state index in [9.17, 15) is 4.79 Å². The highest BCUT2D eigenvalue weighted by molar-refractivity contribution is 14.1. The van der Waals surface area contributed by atoms with Crippen molar-refractivity contribution < 1.29 is 4.79 Å². The third-order valence-electron chi connectivity index (χ3n) is 3.61. The maximum Gasteiger partial charge on any atom is 0.257 e. The van der Waals surface area contributed by atoms with E-state index in [1.807, 2.05) is 37.3 Å². The molecular formula is C17H20IN3O. The summed E-state index contributed by atoms with van der Waals surface area (Å²) < 4.78 is 1.13. The van der Waals surface area contributed by atoms with E-state index in [4.69, 9.17) is 0 Å².